The number of rotatable bonds is 3. The van der Waals surface area contributed by atoms with Crippen molar-refractivity contribution < 1.29 is 4.39 Å². The number of nitrogens with two attached hydrogens (primary N) is 1. The lowest BCUT2D eigenvalue weighted by atomic mass is 10.2. The molecule has 0 amide bonds. The average molecular weight is 312 g/mol. The van der Waals surface area contributed by atoms with E-state index < -0.39 is 0 Å². The van der Waals surface area contributed by atoms with Crippen molar-refractivity contribution in [3.05, 3.63) is 58.3 Å². The van der Waals surface area contributed by atoms with Crippen molar-refractivity contribution in [1.29, 1.82) is 0 Å². The molecule has 0 aromatic heterocycles. The van der Waals surface area contributed by atoms with E-state index in [1.807, 2.05) is 30.3 Å². The molecule has 0 aliphatic heterocycles. The molecule has 0 fully saturated rings. The quantitative estimate of drug-likeness (QED) is 0.669. The van der Waals surface area contributed by atoms with Crippen LogP contribution in [0.5, 0.6) is 0 Å². The second-order valence-corrected chi connectivity index (χ2v) is 5.56. The lowest BCUT2D eigenvalue weighted by Gasteiger charge is -2.03. The maximum absolute atomic E-state index is 13.2. The Balaban J connectivity index is 2.02. The zero-order chi connectivity index (χ0) is 12.3. The maximum atomic E-state index is 13.2. The van der Waals surface area contributed by atoms with Gasteiger partial charge in [-0.05, 0) is 35.9 Å². The van der Waals surface area contributed by atoms with Gasteiger partial charge < -0.3 is 5.73 Å². The molecule has 2 aromatic carbocycles. The molecule has 0 bridgehead atoms. The van der Waals surface area contributed by atoms with Gasteiger partial charge in [-0.1, -0.05) is 28.1 Å². The fourth-order valence-corrected chi connectivity index (χ4v) is 2.49. The molecule has 0 unspecified atom stereocenters. The molecule has 2 aromatic rings. The van der Waals surface area contributed by atoms with Crippen molar-refractivity contribution in [1.82, 2.24) is 0 Å². The first-order valence-electron chi connectivity index (χ1n) is 5.07. The minimum absolute atomic E-state index is 0.193. The van der Waals surface area contributed by atoms with E-state index in [0.29, 0.717) is 0 Å². The number of anilines is 1. The first-order chi connectivity index (χ1) is 8.15. The molecule has 0 saturated heterocycles. The Morgan fingerprint density at radius 2 is 1.82 bits per heavy atom. The van der Waals surface area contributed by atoms with Crippen LogP contribution in [0.15, 0.2) is 51.8 Å². The zero-order valence-electron chi connectivity index (χ0n) is 8.99. The smallest absolute Gasteiger partial charge is 0.147 e. The molecule has 0 radical (unpaired) electrons. The highest BCUT2D eigenvalue weighted by Crippen LogP contribution is 2.25. The summed E-state index contributed by atoms with van der Waals surface area (Å²) in [4.78, 5) is 0.889. The van der Waals surface area contributed by atoms with E-state index in [4.69, 9.17) is 5.73 Å². The lowest BCUT2D eigenvalue weighted by molar-refractivity contribution is 0.629. The molecular formula is C13H11BrFNS. The summed E-state index contributed by atoms with van der Waals surface area (Å²) in [6, 6.07) is 13.0. The summed E-state index contributed by atoms with van der Waals surface area (Å²) in [7, 11) is 0. The van der Waals surface area contributed by atoms with E-state index in [2.05, 4.69) is 15.9 Å². The van der Waals surface area contributed by atoms with Gasteiger partial charge in [0.1, 0.15) is 5.82 Å². The Morgan fingerprint density at radius 3 is 2.47 bits per heavy atom. The van der Waals surface area contributed by atoms with Crippen LogP contribution in [-0.4, -0.2) is 0 Å². The molecule has 0 spiro atoms. The molecular weight excluding hydrogens is 301 g/mol. The van der Waals surface area contributed by atoms with Gasteiger partial charge in [-0.2, -0.15) is 0 Å². The van der Waals surface area contributed by atoms with E-state index in [0.717, 1.165) is 15.1 Å². The van der Waals surface area contributed by atoms with Crippen LogP contribution in [0.1, 0.15) is 5.56 Å². The Kier molecular flexibility index (Phi) is 4.07. The fourth-order valence-electron chi connectivity index (χ4n) is 1.34. The maximum Gasteiger partial charge on any atom is 0.147 e. The van der Waals surface area contributed by atoms with Crippen LogP contribution >= 0.6 is 27.7 Å². The Morgan fingerprint density at radius 1 is 1.12 bits per heavy atom. The van der Waals surface area contributed by atoms with Crippen molar-refractivity contribution >= 4 is 33.4 Å². The molecule has 0 saturated carbocycles. The van der Waals surface area contributed by atoms with Gasteiger partial charge >= 0.3 is 0 Å². The Hall–Kier alpha value is -1.00. The van der Waals surface area contributed by atoms with E-state index >= 15 is 0 Å². The zero-order valence-corrected chi connectivity index (χ0v) is 11.4. The predicted octanol–water partition coefficient (Wildman–Crippen LogP) is 4.46. The second-order valence-electron chi connectivity index (χ2n) is 3.60. The van der Waals surface area contributed by atoms with E-state index in [1.54, 1.807) is 17.8 Å². The van der Waals surface area contributed by atoms with Gasteiger partial charge in [0, 0.05) is 15.1 Å². The number of thioether (sulfide) groups is 1. The molecule has 2 rings (SSSR count). The molecule has 0 atom stereocenters. The molecule has 17 heavy (non-hydrogen) atoms. The van der Waals surface area contributed by atoms with Crippen molar-refractivity contribution in [3.8, 4) is 0 Å². The predicted molar refractivity (Wildman–Crippen MR) is 74.5 cm³/mol. The van der Waals surface area contributed by atoms with Crippen LogP contribution in [-0.2, 0) is 5.75 Å². The van der Waals surface area contributed by atoms with Crippen LogP contribution in [0.3, 0.4) is 0 Å². The summed E-state index contributed by atoms with van der Waals surface area (Å²) in [5.74, 6) is 0.460. The third-order valence-corrected chi connectivity index (χ3v) is 3.88. The first-order valence-corrected chi connectivity index (χ1v) is 6.85. The second kappa shape index (κ2) is 5.56. The van der Waals surface area contributed by atoms with Crippen molar-refractivity contribution in [2.24, 2.45) is 0 Å². The van der Waals surface area contributed by atoms with E-state index in [9.17, 15) is 4.39 Å². The Labute approximate surface area is 112 Å². The summed E-state index contributed by atoms with van der Waals surface area (Å²) in [6.45, 7) is 0. The molecule has 0 aliphatic carbocycles. The monoisotopic (exact) mass is 311 g/mol. The van der Waals surface area contributed by atoms with Gasteiger partial charge in [0.25, 0.3) is 0 Å². The highest BCUT2D eigenvalue weighted by Gasteiger charge is 2.01. The van der Waals surface area contributed by atoms with Crippen molar-refractivity contribution in [3.63, 3.8) is 0 Å². The summed E-state index contributed by atoms with van der Waals surface area (Å²) in [5, 5.41) is 0. The van der Waals surface area contributed by atoms with Crippen LogP contribution in [0.2, 0.25) is 0 Å². The van der Waals surface area contributed by atoms with Crippen LogP contribution < -0.4 is 5.73 Å². The number of halogens is 2. The topological polar surface area (TPSA) is 26.0 Å². The molecule has 2 N–H and O–H groups in total. The highest BCUT2D eigenvalue weighted by molar-refractivity contribution is 9.10. The minimum atomic E-state index is -0.356. The van der Waals surface area contributed by atoms with Crippen LogP contribution in [0.4, 0.5) is 10.1 Å². The van der Waals surface area contributed by atoms with Crippen LogP contribution in [0.25, 0.3) is 0 Å². The van der Waals surface area contributed by atoms with Crippen molar-refractivity contribution in [2.75, 3.05) is 5.73 Å². The van der Waals surface area contributed by atoms with Gasteiger partial charge in [0.2, 0.25) is 0 Å². The number of hydrogen-bond donors (Lipinski definition) is 1. The summed E-state index contributed by atoms with van der Waals surface area (Å²) in [5.41, 5.74) is 6.82. The third-order valence-electron chi connectivity index (χ3n) is 2.29. The van der Waals surface area contributed by atoms with E-state index in [1.165, 1.54) is 11.6 Å². The normalized spacial score (nSPS) is 10.5. The molecule has 0 aliphatic rings. The van der Waals surface area contributed by atoms with E-state index in [-0.39, 0.29) is 11.5 Å². The minimum Gasteiger partial charge on any atom is -0.396 e. The average Bonchev–Trinajstić information content (AvgIpc) is 2.33. The summed E-state index contributed by atoms with van der Waals surface area (Å²) in [6.07, 6.45) is 0. The number of hydrogen-bond acceptors (Lipinski definition) is 2. The lowest BCUT2D eigenvalue weighted by Crippen LogP contribution is -1.89. The fraction of sp³-hybridized carbons (Fsp3) is 0.0769. The van der Waals surface area contributed by atoms with Gasteiger partial charge in [-0.25, -0.2) is 4.39 Å². The molecule has 88 valence electrons. The number of benzene rings is 2. The summed E-state index contributed by atoms with van der Waals surface area (Å²) >= 11 is 4.98. The van der Waals surface area contributed by atoms with Crippen molar-refractivity contribution in [2.45, 2.75) is 10.6 Å². The molecule has 1 nitrogen and oxygen atoms in total. The van der Waals surface area contributed by atoms with Gasteiger partial charge in [0.15, 0.2) is 0 Å². The first kappa shape index (κ1) is 12.5. The summed E-state index contributed by atoms with van der Waals surface area (Å²) < 4.78 is 14.3. The van der Waals surface area contributed by atoms with Crippen LogP contribution in [0, 0.1) is 5.82 Å². The van der Waals surface area contributed by atoms with Gasteiger partial charge in [-0.3, -0.25) is 0 Å². The standard InChI is InChI=1S/C13H11BrFNS/c14-10-3-1-9(2-4-10)8-17-11-5-6-13(16)12(15)7-11/h1-7H,8,16H2. The van der Waals surface area contributed by atoms with Gasteiger partial charge in [-0.15, -0.1) is 11.8 Å². The third kappa shape index (κ3) is 3.48. The van der Waals surface area contributed by atoms with Gasteiger partial charge in [0.05, 0.1) is 5.69 Å². The Bertz CT molecular complexity index is 513. The molecule has 4 heteroatoms. The number of nitrogen functional groups attached to an aromatic ring is 1. The highest BCUT2D eigenvalue weighted by atomic mass is 79.9. The largest absolute Gasteiger partial charge is 0.396 e. The SMILES string of the molecule is Nc1ccc(SCc2ccc(Br)cc2)cc1F. The molecule has 0 heterocycles.